The van der Waals surface area contributed by atoms with Gasteiger partial charge in [0.15, 0.2) is 6.10 Å². The van der Waals surface area contributed by atoms with Crippen LogP contribution in [0.5, 0.6) is 0 Å². The Kier molecular flexibility index (Phi) is 8.26. The van der Waals surface area contributed by atoms with Crippen molar-refractivity contribution in [3.05, 3.63) is 47.6 Å². The molecule has 0 aromatic heterocycles. The van der Waals surface area contributed by atoms with Crippen molar-refractivity contribution < 1.29 is 24.5 Å². The van der Waals surface area contributed by atoms with E-state index >= 15 is 0 Å². The van der Waals surface area contributed by atoms with E-state index in [0.717, 1.165) is 42.4 Å². The Hall–Kier alpha value is -1.69. The van der Waals surface area contributed by atoms with Crippen LogP contribution in [0, 0.1) is 5.41 Å². The standard InChI is InChI=1S/C25H38O5/c1-17(2)15-23(28)29-21-11-14-24(5,13-10-20(27)18(3)4)12-9-19(16-26)7-8-22-25(21,6)30-22/h9,11,14-15,20-22,26-27H,3,7-8,10,12-13,16H2,1-2,4-6H3/b14-11+,19-9-/t20-,21+,22-,24+,25-/m0/s1. The second-order valence-electron chi connectivity index (χ2n) is 9.55. The normalized spacial score (nSPS) is 35.0. The van der Waals surface area contributed by atoms with E-state index in [0.29, 0.717) is 6.42 Å². The summed E-state index contributed by atoms with van der Waals surface area (Å²) < 4.78 is 11.8. The molecular formula is C25H38O5. The zero-order valence-electron chi connectivity index (χ0n) is 19.1. The van der Waals surface area contributed by atoms with Crippen molar-refractivity contribution >= 4 is 5.97 Å². The van der Waals surface area contributed by atoms with Crippen molar-refractivity contribution in [1.29, 1.82) is 0 Å². The highest BCUT2D eigenvalue weighted by molar-refractivity contribution is 5.83. The topological polar surface area (TPSA) is 79.3 Å². The van der Waals surface area contributed by atoms with E-state index in [4.69, 9.17) is 9.47 Å². The molecule has 30 heavy (non-hydrogen) atoms. The lowest BCUT2D eigenvalue weighted by Crippen LogP contribution is -2.32. The largest absolute Gasteiger partial charge is 0.452 e. The molecule has 5 atom stereocenters. The summed E-state index contributed by atoms with van der Waals surface area (Å²) in [5.74, 6) is -0.372. The maximum Gasteiger partial charge on any atom is 0.331 e. The molecule has 1 fully saturated rings. The van der Waals surface area contributed by atoms with Gasteiger partial charge in [-0.15, -0.1) is 0 Å². The fourth-order valence-electron chi connectivity index (χ4n) is 3.84. The number of fused-ring (bicyclic) bond motifs is 1. The van der Waals surface area contributed by atoms with Crippen LogP contribution in [0.2, 0.25) is 0 Å². The summed E-state index contributed by atoms with van der Waals surface area (Å²) >= 11 is 0. The first kappa shape index (κ1) is 24.6. The molecule has 0 aromatic rings. The van der Waals surface area contributed by atoms with E-state index in [1.807, 2.05) is 33.8 Å². The van der Waals surface area contributed by atoms with Crippen molar-refractivity contribution in [3.8, 4) is 0 Å². The predicted octanol–water partition coefficient (Wildman–Crippen LogP) is 4.40. The minimum atomic E-state index is -0.565. The Morgan fingerprint density at radius 1 is 1.40 bits per heavy atom. The Bertz CT molecular complexity index is 730. The lowest BCUT2D eigenvalue weighted by molar-refractivity contribution is -0.143. The number of allylic oxidation sites excluding steroid dienone is 3. The van der Waals surface area contributed by atoms with Gasteiger partial charge >= 0.3 is 5.97 Å². The maximum atomic E-state index is 12.3. The van der Waals surface area contributed by atoms with Crippen LogP contribution in [0.3, 0.4) is 0 Å². The molecule has 2 rings (SSSR count). The summed E-state index contributed by atoms with van der Waals surface area (Å²) in [7, 11) is 0. The highest BCUT2D eigenvalue weighted by Crippen LogP contribution is 2.45. The van der Waals surface area contributed by atoms with E-state index < -0.39 is 17.8 Å². The first-order chi connectivity index (χ1) is 14.0. The average molecular weight is 419 g/mol. The van der Waals surface area contributed by atoms with Gasteiger partial charge in [-0.3, -0.25) is 0 Å². The number of hydrogen-bond acceptors (Lipinski definition) is 5. The van der Waals surface area contributed by atoms with Crippen molar-refractivity contribution in [3.63, 3.8) is 0 Å². The summed E-state index contributed by atoms with van der Waals surface area (Å²) in [6.45, 7) is 13.5. The quantitative estimate of drug-likeness (QED) is 0.277. The van der Waals surface area contributed by atoms with E-state index in [9.17, 15) is 15.0 Å². The van der Waals surface area contributed by atoms with E-state index in [1.165, 1.54) is 6.08 Å². The molecule has 0 amide bonds. The summed E-state index contributed by atoms with van der Waals surface area (Å²) in [5, 5.41) is 20.0. The van der Waals surface area contributed by atoms with Crippen LogP contribution in [0.1, 0.15) is 66.7 Å². The smallest absolute Gasteiger partial charge is 0.331 e. The summed E-state index contributed by atoms with van der Waals surface area (Å²) in [5.41, 5.74) is 1.80. The molecule has 5 nitrogen and oxygen atoms in total. The number of rotatable bonds is 7. The van der Waals surface area contributed by atoms with Gasteiger partial charge in [-0.25, -0.2) is 4.79 Å². The fourth-order valence-corrected chi connectivity index (χ4v) is 3.84. The van der Waals surface area contributed by atoms with Gasteiger partial charge < -0.3 is 19.7 Å². The Balaban J connectivity index is 2.30. The number of aliphatic hydroxyl groups is 2. The third-order valence-corrected chi connectivity index (χ3v) is 6.21. The van der Waals surface area contributed by atoms with Gasteiger partial charge in [0.2, 0.25) is 0 Å². The molecule has 1 heterocycles. The second kappa shape index (κ2) is 10.1. The average Bonchev–Trinajstić information content (AvgIpc) is 3.33. The minimum absolute atomic E-state index is 0.0174. The van der Waals surface area contributed by atoms with E-state index in [2.05, 4.69) is 25.7 Å². The van der Waals surface area contributed by atoms with Gasteiger partial charge in [0.1, 0.15) is 5.60 Å². The van der Waals surface area contributed by atoms with Crippen LogP contribution in [0.4, 0.5) is 0 Å². The Morgan fingerprint density at radius 2 is 2.10 bits per heavy atom. The number of ether oxygens (including phenoxy) is 2. The van der Waals surface area contributed by atoms with Gasteiger partial charge in [0.25, 0.3) is 0 Å². The molecular weight excluding hydrogens is 380 g/mol. The molecule has 1 aliphatic carbocycles. The second-order valence-corrected chi connectivity index (χ2v) is 9.55. The van der Waals surface area contributed by atoms with Gasteiger partial charge in [0.05, 0.1) is 18.8 Å². The number of esters is 1. The van der Waals surface area contributed by atoms with Gasteiger partial charge in [-0.05, 0) is 76.9 Å². The molecule has 0 unspecified atom stereocenters. The van der Waals surface area contributed by atoms with Crippen molar-refractivity contribution in [1.82, 2.24) is 0 Å². The number of hydrogen-bond donors (Lipinski definition) is 2. The Labute approximate surface area is 181 Å². The van der Waals surface area contributed by atoms with Crippen molar-refractivity contribution in [2.24, 2.45) is 5.41 Å². The lowest BCUT2D eigenvalue weighted by Gasteiger charge is -2.28. The monoisotopic (exact) mass is 418 g/mol. The summed E-state index contributed by atoms with van der Waals surface area (Å²) in [4.78, 5) is 12.3. The predicted molar refractivity (Wildman–Crippen MR) is 119 cm³/mol. The van der Waals surface area contributed by atoms with Crippen LogP contribution in [-0.4, -0.2) is 46.7 Å². The van der Waals surface area contributed by atoms with Crippen LogP contribution in [0.15, 0.2) is 47.6 Å². The highest BCUT2D eigenvalue weighted by atomic mass is 16.6. The number of aliphatic hydroxyl groups excluding tert-OH is 2. The van der Waals surface area contributed by atoms with Crippen LogP contribution < -0.4 is 0 Å². The fraction of sp³-hybridized carbons (Fsp3) is 0.640. The van der Waals surface area contributed by atoms with Gasteiger partial charge in [-0.1, -0.05) is 36.8 Å². The molecule has 1 saturated heterocycles. The molecule has 0 spiro atoms. The van der Waals surface area contributed by atoms with E-state index in [-0.39, 0.29) is 24.1 Å². The van der Waals surface area contributed by atoms with Crippen LogP contribution >= 0.6 is 0 Å². The van der Waals surface area contributed by atoms with Gasteiger partial charge in [-0.2, -0.15) is 0 Å². The first-order valence-corrected chi connectivity index (χ1v) is 10.8. The number of epoxide rings is 1. The number of carbonyl (C=O) groups excluding carboxylic acids is 1. The van der Waals surface area contributed by atoms with Gasteiger partial charge in [0, 0.05) is 6.08 Å². The van der Waals surface area contributed by atoms with Crippen LogP contribution in [0.25, 0.3) is 0 Å². The molecule has 5 heteroatoms. The zero-order valence-corrected chi connectivity index (χ0v) is 19.1. The lowest BCUT2D eigenvalue weighted by atomic mass is 9.79. The highest BCUT2D eigenvalue weighted by Gasteiger charge is 2.58. The maximum absolute atomic E-state index is 12.3. The molecule has 2 N–H and O–H groups in total. The van der Waals surface area contributed by atoms with Crippen molar-refractivity contribution in [2.75, 3.05) is 6.61 Å². The number of carbonyl (C=O) groups is 1. The molecule has 0 saturated carbocycles. The molecule has 0 aromatic carbocycles. The molecule has 0 radical (unpaired) electrons. The first-order valence-electron chi connectivity index (χ1n) is 10.8. The minimum Gasteiger partial charge on any atom is -0.452 e. The molecule has 0 bridgehead atoms. The molecule has 2 aliphatic rings. The molecule has 168 valence electrons. The van der Waals surface area contributed by atoms with Crippen LogP contribution in [-0.2, 0) is 14.3 Å². The third-order valence-electron chi connectivity index (χ3n) is 6.21. The zero-order chi connectivity index (χ0) is 22.5. The SMILES string of the molecule is C=C(C)[C@@H](O)CC[C@]1(C)/C=C/[C@@H](OC(=O)C=C(C)C)[C@]2(C)O[C@H]2CC/C(CO)=C/C1. The Morgan fingerprint density at radius 3 is 2.70 bits per heavy atom. The summed E-state index contributed by atoms with van der Waals surface area (Å²) in [6, 6.07) is 0. The van der Waals surface area contributed by atoms with E-state index in [1.54, 1.807) is 0 Å². The third kappa shape index (κ3) is 6.66. The summed E-state index contributed by atoms with van der Waals surface area (Å²) in [6.07, 6.45) is 10.2. The van der Waals surface area contributed by atoms with Crippen molar-refractivity contribution in [2.45, 2.75) is 90.6 Å². The molecule has 1 aliphatic heterocycles.